The summed E-state index contributed by atoms with van der Waals surface area (Å²) in [5.41, 5.74) is 1.61. The Morgan fingerprint density at radius 1 is 1.08 bits per heavy atom. The van der Waals surface area contributed by atoms with Crippen LogP contribution in [0.1, 0.15) is 39.1 Å². The first-order valence-electron chi connectivity index (χ1n) is 8.26. The van der Waals surface area contributed by atoms with Crippen LogP contribution >= 0.6 is 0 Å². The second kappa shape index (κ2) is 6.35. The normalized spacial score (nSPS) is 19.0. The second-order valence-electron chi connectivity index (χ2n) is 7.23. The van der Waals surface area contributed by atoms with E-state index in [4.69, 9.17) is 14.0 Å². The Bertz CT molecular complexity index is 679. The molecule has 0 unspecified atom stereocenters. The number of imidazole rings is 1. The van der Waals surface area contributed by atoms with E-state index >= 15 is 0 Å². The zero-order chi connectivity index (χ0) is 17.4. The van der Waals surface area contributed by atoms with Crippen molar-refractivity contribution in [3.63, 3.8) is 0 Å². The number of nitrogens with zero attached hydrogens (tertiary/aromatic N) is 2. The van der Waals surface area contributed by atoms with E-state index in [1.54, 1.807) is 13.3 Å². The minimum absolute atomic E-state index is 0.317. The summed E-state index contributed by atoms with van der Waals surface area (Å²) in [4.78, 5) is 4.31. The Morgan fingerprint density at radius 3 is 2.29 bits per heavy atom. The number of ether oxygens (including phenoxy) is 1. The molecule has 1 aliphatic rings. The maximum Gasteiger partial charge on any atom is 0.494 e. The molecular formula is C18H25BN2O3. The van der Waals surface area contributed by atoms with E-state index in [1.165, 1.54) is 5.56 Å². The molecule has 1 saturated heterocycles. The highest BCUT2D eigenvalue weighted by molar-refractivity contribution is 6.62. The average Bonchev–Trinajstić information content (AvgIpc) is 3.02. The van der Waals surface area contributed by atoms with Gasteiger partial charge >= 0.3 is 7.12 Å². The topological polar surface area (TPSA) is 45.5 Å². The molecule has 1 aromatic heterocycles. The van der Waals surface area contributed by atoms with Gasteiger partial charge in [0, 0.05) is 26.0 Å². The second-order valence-corrected chi connectivity index (χ2v) is 7.23. The molecule has 2 heterocycles. The highest BCUT2D eigenvalue weighted by Crippen LogP contribution is 2.36. The zero-order valence-electron chi connectivity index (χ0n) is 15.1. The van der Waals surface area contributed by atoms with Gasteiger partial charge < -0.3 is 18.6 Å². The molecule has 5 nitrogen and oxygen atoms in total. The monoisotopic (exact) mass is 328 g/mol. The average molecular weight is 328 g/mol. The maximum atomic E-state index is 6.09. The third-order valence-corrected chi connectivity index (χ3v) is 4.93. The lowest BCUT2D eigenvalue weighted by atomic mass is 9.79. The van der Waals surface area contributed by atoms with Crippen molar-refractivity contribution >= 4 is 12.6 Å². The van der Waals surface area contributed by atoms with Crippen LogP contribution in [0.15, 0.2) is 36.7 Å². The molecule has 3 rings (SSSR count). The van der Waals surface area contributed by atoms with Crippen molar-refractivity contribution in [3.8, 4) is 0 Å². The molecule has 0 radical (unpaired) electrons. The highest BCUT2D eigenvalue weighted by Gasteiger charge is 2.51. The van der Waals surface area contributed by atoms with E-state index in [0.29, 0.717) is 6.61 Å². The summed E-state index contributed by atoms with van der Waals surface area (Å²) in [6, 6.07) is 8.36. The largest absolute Gasteiger partial charge is 0.494 e. The molecule has 6 heteroatoms. The minimum atomic E-state index is -0.318. The first kappa shape index (κ1) is 17.2. The van der Waals surface area contributed by atoms with Crippen molar-refractivity contribution in [1.29, 1.82) is 0 Å². The van der Waals surface area contributed by atoms with Gasteiger partial charge in [-0.2, -0.15) is 0 Å². The molecule has 24 heavy (non-hydrogen) atoms. The molecular weight excluding hydrogens is 303 g/mol. The lowest BCUT2D eigenvalue weighted by molar-refractivity contribution is 0.00578. The molecule has 0 N–H and O–H groups in total. The summed E-state index contributed by atoms with van der Waals surface area (Å²) >= 11 is 0. The first-order valence-corrected chi connectivity index (χ1v) is 8.26. The Hall–Kier alpha value is -1.63. The van der Waals surface area contributed by atoms with Gasteiger partial charge in [0.15, 0.2) is 0 Å². The summed E-state index contributed by atoms with van der Waals surface area (Å²) in [6.45, 7) is 9.55. The van der Waals surface area contributed by atoms with Crippen LogP contribution in [0, 0.1) is 0 Å². The van der Waals surface area contributed by atoms with Crippen LogP contribution in [0.25, 0.3) is 0 Å². The molecule has 2 aromatic rings. The molecule has 0 saturated carbocycles. The van der Waals surface area contributed by atoms with Crippen LogP contribution in [0.3, 0.4) is 0 Å². The standard InChI is InChI=1S/C18H25BN2O3/c1-17(2)18(3,4)24-19(23-17)15-8-6-14(7-9-15)12-21-11-10-20-16(21)13-22-5/h6-11H,12-13H2,1-5H3. The van der Waals surface area contributed by atoms with E-state index in [1.807, 2.05) is 6.20 Å². The van der Waals surface area contributed by atoms with Crippen LogP contribution < -0.4 is 5.46 Å². The molecule has 0 spiro atoms. The van der Waals surface area contributed by atoms with Gasteiger partial charge in [0.25, 0.3) is 0 Å². The van der Waals surface area contributed by atoms with Crippen LogP contribution in [0.4, 0.5) is 0 Å². The van der Waals surface area contributed by atoms with Gasteiger partial charge in [-0.05, 0) is 38.7 Å². The van der Waals surface area contributed by atoms with Crippen molar-refractivity contribution in [2.75, 3.05) is 7.11 Å². The fourth-order valence-electron chi connectivity index (χ4n) is 2.71. The number of benzene rings is 1. The summed E-state index contributed by atoms with van der Waals surface area (Å²) in [6.07, 6.45) is 3.77. The number of aromatic nitrogens is 2. The van der Waals surface area contributed by atoms with Crippen molar-refractivity contribution in [3.05, 3.63) is 48.0 Å². The molecule has 1 aromatic carbocycles. The summed E-state index contributed by atoms with van der Waals surface area (Å²) in [5.74, 6) is 0.924. The van der Waals surface area contributed by atoms with Gasteiger partial charge in [-0.3, -0.25) is 0 Å². The molecule has 1 aliphatic heterocycles. The maximum absolute atomic E-state index is 6.09. The van der Waals surface area contributed by atoms with E-state index < -0.39 is 0 Å². The third-order valence-electron chi connectivity index (χ3n) is 4.93. The van der Waals surface area contributed by atoms with Gasteiger partial charge in [0.2, 0.25) is 0 Å². The number of rotatable bonds is 5. The quantitative estimate of drug-likeness (QED) is 0.791. The molecule has 0 aliphatic carbocycles. The van der Waals surface area contributed by atoms with Crippen molar-refractivity contribution in [2.24, 2.45) is 0 Å². The molecule has 0 bridgehead atoms. The van der Waals surface area contributed by atoms with E-state index in [0.717, 1.165) is 17.8 Å². The Kier molecular flexibility index (Phi) is 4.55. The van der Waals surface area contributed by atoms with E-state index in [9.17, 15) is 0 Å². The minimum Gasteiger partial charge on any atom is -0.399 e. The van der Waals surface area contributed by atoms with Crippen LogP contribution in [0.5, 0.6) is 0 Å². The van der Waals surface area contributed by atoms with Gasteiger partial charge in [-0.25, -0.2) is 4.98 Å². The van der Waals surface area contributed by atoms with Crippen LogP contribution in [-0.4, -0.2) is 35.0 Å². The number of methoxy groups -OCH3 is 1. The summed E-state index contributed by atoms with van der Waals surface area (Å²) in [7, 11) is 1.36. The summed E-state index contributed by atoms with van der Waals surface area (Å²) in [5, 5.41) is 0. The third kappa shape index (κ3) is 3.27. The van der Waals surface area contributed by atoms with Gasteiger partial charge in [-0.15, -0.1) is 0 Å². The number of hydrogen-bond acceptors (Lipinski definition) is 4. The Morgan fingerprint density at radius 2 is 1.71 bits per heavy atom. The number of hydrogen-bond donors (Lipinski definition) is 0. The van der Waals surface area contributed by atoms with Crippen molar-refractivity contribution < 1.29 is 14.0 Å². The fraction of sp³-hybridized carbons (Fsp3) is 0.500. The van der Waals surface area contributed by atoms with E-state index in [2.05, 4.69) is 61.5 Å². The molecule has 0 amide bonds. The van der Waals surface area contributed by atoms with Crippen LogP contribution in [0.2, 0.25) is 0 Å². The first-order chi connectivity index (χ1) is 11.3. The summed E-state index contributed by atoms with van der Waals surface area (Å²) < 4.78 is 19.5. The van der Waals surface area contributed by atoms with Crippen molar-refractivity contribution in [1.82, 2.24) is 9.55 Å². The van der Waals surface area contributed by atoms with E-state index in [-0.39, 0.29) is 18.3 Å². The zero-order valence-corrected chi connectivity index (χ0v) is 15.1. The van der Waals surface area contributed by atoms with Gasteiger partial charge in [0.1, 0.15) is 12.4 Å². The van der Waals surface area contributed by atoms with Gasteiger partial charge in [-0.1, -0.05) is 24.3 Å². The molecule has 1 fully saturated rings. The predicted octanol–water partition coefficient (Wildman–Crippen LogP) is 2.38. The molecule has 128 valence electrons. The predicted molar refractivity (Wildman–Crippen MR) is 94.2 cm³/mol. The Balaban J connectivity index is 1.71. The van der Waals surface area contributed by atoms with Crippen LogP contribution in [-0.2, 0) is 27.2 Å². The van der Waals surface area contributed by atoms with Crippen molar-refractivity contribution in [2.45, 2.75) is 52.0 Å². The fourth-order valence-corrected chi connectivity index (χ4v) is 2.71. The van der Waals surface area contributed by atoms with Gasteiger partial charge in [0.05, 0.1) is 11.2 Å². The molecule has 0 atom stereocenters. The SMILES string of the molecule is COCc1nccn1Cc1ccc(B2OC(C)(C)C(C)(C)O2)cc1. The smallest absolute Gasteiger partial charge is 0.399 e. The Labute approximate surface area is 144 Å². The highest BCUT2D eigenvalue weighted by atomic mass is 16.7. The lowest BCUT2D eigenvalue weighted by Gasteiger charge is -2.32. The lowest BCUT2D eigenvalue weighted by Crippen LogP contribution is -2.41.